The summed E-state index contributed by atoms with van der Waals surface area (Å²) in [7, 11) is 0. The van der Waals surface area contributed by atoms with Crippen molar-refractivity contribution in [2.24, 2.45) is 29.1 Å². The molecule has 3 fully saturated rings. The van der Waals surface area contributed by atoms with Gasteiger partial charge in [-0.25, -0.2) is 4.79 Å². The first kappa shape index (κ1) is 30.9. The van der Waals surface area contributed by atoms with Crippen LogP contribution in [0.2, 0.25) is 0 Å². The maximum atomic E-state index is 14.3. The Labute approximate surface area is 241 Å². The fraction of sp³-hybridized carbons (Fsp3) is 0.710. The molecule has 4 rings (SSSR count). The maximum Gasteiger partial charge on any atom is 0.333 e. The summed E-state index contributed by atoms with van der Waals surface area (Å²) in [4.78, 5) is 64.4. The summed E-state index contributed by atoms with van der Waals surface area (Å²) in [6.07, 6.45) is -0.0199. The topological polar surface area (TPSA) is 135 Å². The summed E-state index contributed by atoms with van der Waals surface area (Å²) >= 11 is 0. The molecule has 4 aliphatic rings. The Kier molecular flexibility index (Phi) is 7.82. The second kappa shape index (κ2) is 10.4. The smallest absolute Gasteiger partial charge is 0.333 e. The van der Waals surface area contributed by atoms with Crippen molar-refractivity contribution in [1.82, 2.24) is 0 Å². The molecule has 0 N–H and O–H groups in total. The molecule has 3 aliphatic carbocycles. The molecule has 0 aromatic carbocycles. The van der Waals surface area contributed by atoms with E-state index in [9.17, 15) is 24.0 Å². The molecule has 0 bridgehead atoms. The van der Waals surface area contributed by atoms with Crippen molar-refractivity contribution >= 4 is 29.7 Å². The molecular weight excluding hydrogens is 532 g/mol. The first-order valence-electron chi connectivity index (χ1n) is 14.2. The summed E-state index contributed by atoms with van der Waals surface area (Å²) in [5.74, 6) is -4.31. The van der Waals surface area contributed by atoms with Crippen molar-refractivity contribution in [3.8, 4) is 0 Å². The van der Waals surface area contributed by atoms with E-state index in [1.54, 1.807) is 39.8 Å². The number of ether oxygens (including phenoxy) is 5. The lowest BCUT2D eigenvalue weighted by atomic mass is 9.80. The van der Waals surface area contributed by atoms with Crippen molar-refractivity contribution in [2.75, 3.05) is 0 Å². The quantitative estimate of drug-likeness (QED) is 0.157. The Morgan fingerprint density at radius 2 is 1.46 bits per heavy atom. The number of carbonyl (C=O) groups is 5. The standard InChI is InChI=1S/C31H42O10/c1-11-14(2)28(36)40-25-22-21(29(22,9)10)24(38-19(7)33)17(5)26(35)30-13-16(4)27(39-20(8)34)31(30,41-30)12-15(3)23(25)37-18(6)32/h11-12,16-17,21-25,27H,13H2,1-10H3/b14-11+,15-12+/t16-,17+,21-,22+,23+,24-,25-,27-,30-,31-/m0/s1. The minimum atomic E-state index is -1.32. The number of allylic oxidation sites excluding steroid dienone is 1. The fourth-order valence-electron chi connectivity index (χ4n) is 7.53. The van der Waals surface area contributed by atoms with Gasteiger partial charge in [-0.1, -0.05) is 33.8 Å². The van der Waals surface area contributed by atoms with Crippen LogP contribution in [0.3, 0.4) is 0 Å². The zero-order chi connectivity index (χ0) is 30.8. The fourth-order valence-corrected chi connectivity index (χ4v) is 7.53. The van der Waals surface area contributed by atoms with Crippen molar-refractivity contribution in [1.29, 1.82) is 0 Å². The lowest BCUT2D eigenvalue weighted by molar-refractivity contribution is -0.165. The third-order valence-corrected chi connectivity index (χ3v) is 9.57. The van der Waals surface area contributed by atoms with Gasteiger partial charge in [0, 0.05) is 38.2 Å². The van der Waals surface area contributed by atoms with Gasteiger partial charge >= 0.3 is 23.9 Å². The molecule has 0 radical (unpaired) electrons. The van der Waals surface area contributed by atoms with E-state index < -0.39 is 82.7 Å². The van der Waals surface area contributed by atoms with Gasteiger partial charge in [-0.15, -0.1) is 0 Å². The normalized spacial score (nSPS) is 42.1. The van der Waals surface area contributed by atoms with Gasteiger partial charge in [0.1, 0.15) is 18.3 Å². The van der Waals surface area contributed by atoms with Gasteiger partial charge < -0.3 is 23.7 Å². The number of fused-ring (bicyclic) bond motifs is 1. The second-order valence-corrected chi connectivity index (χ2v) is 12.8. The minimum Gasteiger partial charge on any atom is -0.461 e. The van der Waals surface area contributed by atoms with Gasteiger partial charge in [0.25, 0.3) is 0 Å². The molecular formula is C31H42O10. The van der Waals surface area contributed by atoms with Crippen molar-refractivity contribution in [3.05, 3.63) is 23.3 Å². The third kappa shape index (κ3) is 4.91. The Morgan fingerprint density at radius 3 is 2.00 bits per heavy atom. The summed E-state index contributed by atoms with van der Waals surface area (Å²) in [5, 5.41) is 0. The number of esters is 4. The van der Waals surface area contributed by atoms with Crippen molar-refractivity contribution in [3.63, 3.8) is 0 Å². The van der Waals surface area contributed by atoms with E-state index in [2.05, 4.69) is 0 Å². The number of epoxide rings is 1. The van der Waals surface area contributed by atoms with Crippen molar-refractivity contribution < 1.29 is 47.7 Å². The molecule has 1 saturated heterocycles. The Hall–Kier alpha value is -3.01. The first-order chi connectivity index (χ1) is 18.9. The molecule has 0 spiro atoms. The molecule has 0 aromatic heterocycles. The van der Waals surface area contributed by atoms with Gasteiger partial charge in [-0.05, 0) is 50.2 Å². The third-order valence-electron chi connectivity index (χ3n) is 9.57. The van der Waals surface area contributed by atoms with Crippen LogP contribution in [0, 0.1) is 29.1 Å². The van der Waals surface area contributed by atoms with Crippen LogP contribution in [-0.4, -0.2) is 65.3 Å². The number of hydrogen-bond donors (Lipinski definition) is 0. The van der Waals surface area contributed by atoms with Gasteiger partial charge in [0.05, 0.1) is 5.92 Å². The average molecular weight is 575 g/mol. The van der Waals surface area contributed by atoms with E-state index in [0.29, 0.717) is 17.6 Å². The Bertz CT molecular complexity index is 1230. The maximum absolute atomic E-state index is 14.3. The molecule has 2 saturated carbocycles. The van der Waals surface area contributed by atoms with E-state index in [-0.39, 0.29) is 11.7 Å². The van der Waals surface area contributed by atoms with E-state index in [0.717, 1.165) is 0 Å². The molecule has 226 valence electrons. The van der Waals surface area contributed by atoms with E-state index in [4.69, 9.17) is 23.7 Å². The van der Waals surface area contributed by atoms with Crippen LogP contribution in [0.5, 0.6) is 0 Å². The van der Waals surface area contributed by atoms with Gasteiger partial charge in [-0.2, -0.15) is 0 Å². The zero-order valence-electron chi connectivity index (χ0n) is 25.6. The highest BCUT2D eigenvalue weighted by molar-refractivity contribution is 5.96. The van der Waals surface area contributed by atoms with Crippen LogP contribution in [0.1, 0.15) is 75.7 Å². The lowest BCUT2D eigenvalue weighted by Gasteiger charge is -2.30. The molecule has 1 aliphatic heterocycles. The second-order valence-electron chi connectivity index (χ2n) is 12.8. The van der Waals surface area contributed by atoms with Crippen LogP contribution in [0.4, 0.5) is 0 Å². The van der Waals surface area contributed by atoms with Crippen LogP contribution < -0.4 is 0 Å². The van der Waals surface area contributed by atoms with Crippen LogP contribution in [0.25, 0.3) is 0 Å². The minimum absolute atomic E-state index is 0.230. The summed E-state index contributed by atoms with van der Waals surface area (Å²) in [6.45, 7) is 16.5. The predicted octanol–water partition coefficient (Wildman–Crippen LogP) is 3.64. The van der Waals surface area contributed by atoms with Gasteiger partial charge in [0.15, 0.2) is 23.1 Å². The summed E-state index contributed by atoms with van der Waals surface area (Å²) in [5.41, 5.74) is -2.31. The van der Waals surface area contributed by atoms with Crippen LogP contribution in [-0.2, 0) is 47.7 Å². The molecule has 1 heterocycles. The largest absolute Gasteiger partial charge is 0.461 e. The molecule has 0 aromatic rings. The predicted molar refractivity (Wildman–Crippen MR) is 145 cm³/mol. The monoisotopic (exact) mass is 574 g/mol. The molecule has 0 unspecified atom stereocenters. The molecule has 41 heavy (non-hydrogen) atoms. The van der Waals surface area contributed by atoms with Gasteiger partial charge in [-0.3, -0.25) is 19.2 Å². The van der Waals surface area contributed by atoms with E-state index in [1.807, 2.05) is 20.8 Å². The van der Waals surface area contributed by atoms with Crippen LogP contribution >= 0.6 is 0 Å². The van der Waals surface area contributed by atoms with E-state index >= 15 is 0 Å². The highest BCUT2D eigenvalue weighted by Crippen LogP contribution is 2.68. The number of carbonyl (C=O) groups excluding carboxylic acids is 5. The first-order valence-corrected chi connectivity index (χ1v) is 14.2. The zero-order valence-corrected chi connectivity index (χ0v) is 25.6. The average Bonchev–Trinajstić information content (AvgIpc) is 3.66. The molecule has 10 nitrogen and oxygen atoms in total. The molecule has 10 heteroatoms. The van der Waals surface area contributed by atoms with Gasteiger partial charge in [0.2, 0.25) is 0 Å². The highest BCUT2D eigenvalue weighted by Gasteiger charge is 2.84. The molecule has 0 amide bonds. The Balaban J connectivity index is 1.95. The van der Waals surface area contributed by atoms with Crippen molar-refractivity contribution in [2.45, 2.75) is 111 Å². The number of hydrogen-bond acceptors (Lipinski definition) is 10. The number of Topliss-reactive ketones (excluding diaryl/α,β-unsaturated/α-hetero) is 1. The summed E-state index contributed by atoms with van der Waals surface area (Å²) in [6, 6.07) is 0. The highest BCUT2D eigenvalue weighted by atomic mass is 16.7. The molecule has 10 atom stereocenters. The summed E-state index contributed by atoms with van der Waals surface area (Å²) < 4.78 is 29.8. The SMILES string of the molecule is C/C=C(\C)C(=O)O[C@H]1[C@H]2[C@@H]([C@@H](OC(C)=O)[C@@H](C)C(=O)[C@@]34C[C@H](C)[C@H](OC(C)=O)[C@]3(/C=C(\C)[C@H]1OC(C)=O)O4)C2(C)C. The van der Waals surface area contributed by atoms with E-state index in [1.165, 1.54) is 20.8 Å². The Morgan fingerprint density at radius 1 is 0.902 bits per heavy atom. The number of rotatable bonds is 5. The van der Waals surface area contributed by atoms with Crippen LogP contribution in [0.15, 0.2) is 23.3 Å². The number of ketones is 1. The lowest BCUT2D eigenvalue weighted by Crippen LogP contribution is -2.43.